The molecule has 0 saturated heterocycles. The van der Waals surface area contributed by atoms with Gasteiger partial charge < -0.3 is 9.47 Å². The van der Waals surface area contributed by atoms with Gasteiger partial charge in [0, 0.05) is 30.6 Å². The summed E-state index contributed by atoms with van der Waals surface area (Å²) in [5, 5.41) is 0.550. The van der Waals surface area contributed by atoms with Crippen LogP contribution in [0.1, 0.15) is 53.4 Å². The first kappa shape index (κ1) is 21.7. The molecule has 2 atom stereocenters. The molecule has 0 aromatic rings. The Morgan fingerprint density at radius 3 is 2.57 bits per heavy atom. The molecular formula is C17H28O5S. The molecule has 6 heteroatoms. The van der Waals surface area contributed by atoms with E-state index in [0.717, 1.165) is 12.2 Å². The van der Waals surface area contributed by atoms with Gasteiger partial charge >= 0.3 is 5.97 Å². The SMILES string of the molecule is CCOC=O.CCSC(C)CC1CC(=O)C=C(OC(=O)CC)C1. The molecule has 1 aliphatic rings. The Kier molecular flexibility index (Phi) is 12.4. The number of carbonyl (C=O) groups is 3. The predicted molar refractivity (Wildman–Crippen MR) is 92.1 cm³/mol. The van der Waals surface area contributed by atoms with Crippen LogP contribution >= 0.6 is 11.8 Å². The summed E-state index contributed by atoms with van der Waals surface area (Å²) in [4.78, 5) is 32.0. The summed E-state index contributed by atoms with van der Waals surface area (Å²) in [5.41, 5.74) is 0. The van der Waals surface area contributed by atoms with Gasteiger partial charge in [0.15, 0.2) is 5.78 Å². The molecule has 2 unspecified atom stereocenters. The first-order valence-corrected chi connectivity index (χ1v) is 9.12. The zero-order chi connectivity index (χ0) is 17.7. The third kappa shape index (κ3) is 11.0. The van der Waals surface area contributed by atoms with Crippen molar-refractivity contribution in [3.8, 4) is 0 Å². The van der Waals surface area contributed by atoms with Crippen LogP contribution in [0.4, 0.5) is 0 Å². The van der Waals surface area contributed by atoms with E-state index in [1.165, 1.54) is 6.08 Å². The van der Waals surface area contributed by atoms with Crippen molar-refractivity contribution in [1.82, 2.24) is 0 Å². The minimum absolute atomic E-state index is 0.0823. The number of rotatable bonds is 8. The monoisotopic (exact) mass is 344 g/mol. The highest BCUT2D eigenvalue weighted by Crippen LogP contribution is 2.30. The van der Waals surface area contributed by atoms with E-state index in [4.69, 9.17) is 4.74 Å². The highest BCUT2D eigenvalue weighted by molar-refractivity contribution is 7.99. The molecule has 0 spiro atoms. The van der Waals surface area contributed by atoms with Gasteiger partial charge in [-0.05, 0) is 25.0 Å². The van der Waals surface area contributed by atoms with E-state index < -0.39 is 0 Å². The Morgan fingerprint density at radius 2 is 2.09 bits per heavy atom. The van der Waals surface area contributed by atoms with Crippen molar-refractivity contribution < 1.29 is 23.9 Å². The van der Waals surface area contributed by atoms with E-state index in [9.17, 15) is 14.4 Å². The second-order valence-electron chi connectivity index (χ2n) is 5.23. The molecule has 0 aromatic carbocycles. The molecule has 0 fully saturated rings. The fourth-order valence-corrected chi connectivity index (χ4v) is 3.26. The maximum absolute atomic E-state index is 11.6. The Balaban J connectivity index is 0.000000841. The molecule has 1 aliphatic carbocycles. The van der Waals surface area contributed by atoms with Crippen LogP contribution in [0.15, 0.2) is 11.8 Å². The van der Waals surface area contributed by atoms with Crippen LogP contribution in [-0.2, 0) is 23.9 Å². The predicted octanol–water partition coefficient (Wildman–Crippen LogP) is 3.51. The van der Waals surface area contributed by atoms with E-state index in [2.05, 4.69) is 18.6 Å². The number of ether oxygens (including phenoxy) is 2. The van der Waals surface area contributed by atoms with Gasteiger partial charge in [0.25, 0.3) is 6.47 Å². The highest BCUT2D eigenvalue weighted by atomic mass is 32.2. The summed E-state index contributed by atoms with van der Waals surface area (Å²) >= 11 is 1.91. The van der Waals surface area contributed by atoms with Crippen LogP contribution in [0.3, 0.4) is 0 Å². The van der Waals surface area contributed by atoms with Gasteiger partial charge in [-0.1, -0.05) is 20.8 Å². The number of esters is 1. The third-order valence-corrected chi connectivity index (χ3v) is 4.28. The summed E-state index contributed by atoms with van der Waals surface area (Å²) in [6.45, 7) is 8.75. The van der Waals surface area contributed by atoms with Crippen LogP contribution in [0.5, 0.6) is 0 Å². The number of allylic oxidation sites excluding steroid dienone is 2. The lowest BCUT2D eigenvalue weighted by atomic mass is 9.88. The zero-order valence-electron chi connectivity index (χ0n) is 14.5. The molecule has 1 rings (SSSR count). The van der Waals surface area contributed by atoms with Gasteiger partial charge in [-0.3, -0.25) is 14.4 Å². The number of hydrogen-bond donors (Lipinski definition) is 0. The van der Waals surface area contributed by atoms with Crippen molar-refractivity contribution in [1.29, 1.82) is 0 Å². The highest BCUT2D eigenvalue weighted by Gasteiger charge is 2.24. The molecule has 0 heterocycles. The normalized spacial score (nSPS) is 18.2. The zero-order valence-corrected chi connectivity index (χ0v) is 15.3. The largest absolute Gasteiger partial charge is 0.468 e. The first-order valence-electron chi connectivity index (χ1n) is 8.07. The molecule has 0 bridgehead atoms. The van der Waals surface area contributed by atoms with Crippen LogP contribution in [0.25, 0.3) is 0 Å². The summed E-state index contributed by atoms with van der Waals surface area (Å²) in [5.74, 6) is 1.78. The van der Waals surface area contributed by atoms with Gasteiger partial charge in [0.05, 0.1) is 6.61 Å². The fourth-order valence-electron chi connectivity index (χ4n) is 2.28. The van der Waals surface area contributed by atoms with Gasteiger partial charge in [0.2, 0.25) is 0 Å². The second kappa shape index (κ2) is 13.2. The minimum atomic E-state index is -0.259. The molecule has 23 heavy (non-hydrogen) atoms. The van der Waals surface area contributed by atoms with Gasteiger partial charge in [-0.15, -0.1) is 0 Å². The third-order valence-electron chi connectivity index (χ3n) is 3.19. The molecule has 0 amide bonds. The number of hydrogen-bond acceptors (Lipinski definition) is 6. The lowest BCUT2D eigenvalue weighted by molar-refractivity contribution is -0.139. The fraction of sp³-hybridized carbons (Fsp3) is 0.706. The smallest absolute Gasteiger partial charge is 0.310 e. The van der Waals surface area contributed by atoms with E-state index in [-0.39, 0.29) is 11.8 Å². The number of carbonyl (C=O) groups excluding carboxylic acids is 3. The van der Waals surface area contributed by atoms with Crippen LogP contribution in [0, 0.1) is 5.92 Å². The van der Waals surface area contributed by atoms with Crippen molar-refractivity contribution in [3.05, 3.63) is 11.8 Å². The van der Waals surface area contributed by atoms with E-state index in [0.29, 0.717) is 49.3 Å². The summed E-state index contributed by atoms with van der Waals surface area (Å²) in [6, 6.07) is 0. The molecule has 0 N–H and O–H groups in total. The summed E-state index contributed by atoms with van der Waals surface area (Å²) < 4.78 is 9.33. The molecule has 0 aromatic heterocycles. The van der Waals surface area contributed by atoms with E-state index >= 15 is 0 Å². The van der Waals surface area contributed by atoms with E-state index in [1.807, 2.05) is 11.8 Å². The summed E-state index contributed by atoms with van der Waals surface area (Å²) in [7, 11) is 0. The van der Waals surface area contributed by atoms with Gasteiger partial charge in [-0.2, -0.15) is 11.8 Å². The Labute approximate surface area is 143 Å². The molecule has 0 aliphatic heterocycles. The van der Waals surface area contributed by atoms with Gasteiger partial charge in [0.1, 0.15) is 5.76 Å². The standard InChI is InChI=1S/C14H22O3S.C3H6O2/c1-4-14(16)17-13-8-11(7-12(15)9-13)6-10(3)18-5-2;1-2-5-3-4/h9-11H,4-8H2,1-3H3;3H,2H2,1H3. The Hall–Kier alpha value is -1.30. The van der Waals surface area contributed by atoms with Crippen LogP contribution in [-0.4, -0.2) is 35.8 Å². The Bertz CT molecular complexity index is 406. The van der Waals surface area contributed by atoms with Crippen molar-refractivity contribution in [3.63, 3.8) is 0 Å². The minimum Gasteiger partial charge on any atom is -0.468 e. The maximum atomic E-state index is 11.6. The quantitative estimate of drug-likeness (QED) is 0.496. The molecule has 0 saturated carbocycles. The van der Waals surface area contributed by atoms with Crippen LogP contribution < -0.4 is 0 Å². The topological polar surface area (TPSA) is 69.7 Å². The van der Waals surface area contributed by atoms with Crippen LogP contribution in [0.2, 0.25) is 0 Å². The Morgan fingerprint density at radius 1 is 1.39 bits per heavy atom. The van der Waals surface area contributed by atoms with Crippen molar-refractivity contribution in [2.75, 3.05) is 12.4 Å². The summed E-state index contributed by atoms with van der Waals surface area (Å²) in [6.07, 6.45) is 4.14. The lowest BCUT2D eigenvalue weighted by Gasteiger charge is -2.23. The molecule has 0 radical (unpaired) electrons. The number of thioether (sulfide) groups is 1. The second-order valence-corrected chi connectivity index (χ2v) is 6.95. The van der Waals surface area contributed by atoms with Crippen molar-refractivity contribution in [2.45, 2.75) is 58.6 Å². The lowest BCUT2D eigenvalue weighted by Crippen LogP contribution is -2.19. The van der Waals surface area contributed by atoms with Gasteiger partial charge in [-0.25, -0.2) is 0 Å². The molecule has 5 nitrogen and oxygen atoms in total. The maximum Gasteiger partial charge on any atom is 0.310 e. The van der Waals surface area contributed by atoms with Crippen molar-refractivity contribution >= 4 is 30.0 Å². The average Bonchev–Trinajstić information content (AvgIpc) is 2.48. The van der Waals surface area contributed by atoms with Crippen molar-refractivity contribution in [2.24, 2.45) is 5.92 Å². The molecule has 132 valence electrons. The molecular weight excluding hydrogens is 316 g/mol. The first-order chi connectivity index (χ1) is 11.0. The number of ketones is 1. The van der Waals surface area contributed by atoms with E-state index in [1.54, 1.807) is 13.8 Å². The average molecular weight is 344 g/mol.